The van der Waals surface area contributed by atoms with E-state index in [1.54, 1.807) is 0 Å². The van der Waals surface area contributed by atoms with Crippen LogP contribution in [0.25, 0.3) is 0 Å². The van der Waals surface area contributed by atoms with E-state index in [0.29, 0.717) is 0 Å². The molecule has 13 heteroatoms. The molecule has 11 nitrogen and oxygen atoms in total. The summed E-state index contributed by atoms with van der Waals surface area (Å²) in [6.07, 6.45) is 15.0. The SMILES string of the molecule is C1CCN(CCOCCSCCN2CCCC2)C1.C1CCN(CCOCCSCCOCCN2CCCCC2)CC1.CN(C)CCCN=C1N(C)CCN1C. The van der Waals surface area contributed by atoms with Crippen molar-refractivity contribution in [3.8, 4) is 0 Å². The topological polar surface area (TPSA) is 62.7 Å². The fourth-order valence-electron chi connectivity index (χ4n) is 7.62. The van der Waals surface area contributed by atoms with Gasteiger partial charge in [0.25, 0.3) is 0 Å². The van der Waals surface area contributed by atoms with Crippen LogP contribution < -0.4 is 0 Å². The number of hydrogen-bond donors (Lipinski definition) is 0. The highest BCUT2D eigenvalue weighted by Gasteiger charge is 2.19. The molecule has 0 aromatic carbocycles. The zero-order valence-electron chi connectivity index (χ0n) is 36.3. The number of likely N-dealkylation sites (N-methyl/N-ethyl adjacent to an activating group) is 2. The van der Waals surface area contributed by atoms with Gasteiger partial charge in [0.2, 0.25) is 0 Å². The van der Waals surface area contributed by atoms with Crippen molar-refractivity contribution in [1.82, 2.24) is 34.3 Å². The predicted octanol–water partition coefficient (Wildman–Crippen LogP) is 4.82. The van der Waals surface area contributed by atoms with E-state index in [2.05, 4.69) is 67.5 Å². The molecule has 55 heavy (non-hydrogen) atoms. The van der Waals surface area contributed by atoms with Crippen LogP contribution in [0.1, 0.15) is 70.6 Å². The maximum atomic E-state index is 5.73. The number of guanidine groups is 1. The number of ether oxygens (including phenoxy) is 3. The summed E-state index contributed by atoms with van der Waals surface area (Å²) in [7, 11) is 8.41. The standard InChI is InChI=1S/C18H36N2O2S.C14H28N2OS.C10H22N4/c1-3-7-19(8-4-1)11-13-21-15-17-23-18-16-22-14-12-20-9-5-2-6-10-20;1-2-6-15(5-1)9-11-17-12-14-18-13-10-16-7-3-4-8-16;1-12(2)7-5-6-11-10-13(3)8-9-14(10)4/h1-18H2;1-14H2;5-9H2,1-4H3. The van der Waals surface area contributed by atoms with E-state index in [1.165, 1.54) is 129 Å². The van der Waals surface area contributed by atoms with Crippen molar-refractivity contribution in [3.63, 3.8) is 0 Å². The molecule has 0 saturated carbocycles. The predicted molar refractivity (Wildman–Crippen MR) is 240 cm³/mol. The van der Waals surface area contributed by atoms with Crippen LogP contribution in [0.2, 0.25) is 0 Å². The Morgan fingerprint density at radius 2 is 0.836 bits per heavy atom. The summed E-state index contributed by atoms with van der Waals surface area (Å²) in [5.74, 6) is 5.76. The minimum atomic E-state index is 0.881. The molecule has 0 unspecified atom stereocenters. The summed E-state index contributed by atoms with van der Waals surface area (Å²) in [5.41, 5.74) is 0. The van der Waals surface area contributed by atoms with E-state index in [1.807, 2.05) is 23.5 Å². The normalized spacial score (nSPS) is 20.3. The van der Waals surface area contributed by atoms with Crippen molar-refractivity contribution in [3.05, 3.63) is 0 Å². The average Bonchev–Trinajstić information content (AvgIpc) is 3.99. The van der Waals surface area contributed by atoms with Gasteiger partial charge in [-0.05, 0) is 131 Å². The summed E-state index contributed by atoms with van der Waals surface area (Å²) >= 11 is 3.99. The number of nitrogens with zero attached hydrogens (tertiary/aromatic N) is 8. The molecule has 0 atom stereocenters. The Balaban J connectivity index is 0.000000229. The molecular formula is C42H86N8O3S2. The van der Waals surface area contributed by atoms with Crippen LogP contribution >= 0.6 is 23.5 Å². The summed E-state index contributed by atoms with van der Waals surface area (Å²) in [4.78, 5) is 21.4. The van der Waals surface area contributed by atoms with Crippen LogP contribution in [0, 0.1) is 0 Å². The third kappa shape index (κ3) is 25.7. The Kier molecular flexibility index (Phi) is 29.8. The Morgan fingerprint density at radius 1 is 0.473 bits per heavy atom. The maximum Gasteiger partial charge on any atom is 0.196 e. The summed E-state index contributed by atoms with van der Waals surface area (Å²) in [6, 6.07) is 0. The van der Waals surface area contributed by atoms with Crippen molar-refractivity contribution in [2.24, 2.45) is 4.99 Å². The minimum Gasteiger partial charge on any atom is -0.379 e. The smallest absolute Gasteiger partial charge is 0.196 e. The molecule has 0 N–H and O–H groups in total. The maximum absolute atomic E-state index is 5.73. The lowest BCUT2D eigenvalue weighted by Crippen LogP contribution is -2.32. The van der Waals surface area contributed by atoms with Crippen LogP contribution in [0.3, 0.4) is 0 Å². The monoisotopic (exact) mass is 815 g/mol. The number of rotatable bonds is 25. The number of piperidine rings is 2. The Morgan fingerprint density at radius 3 is 1.24 bits per heavy atom. The first kappa shape index (κ1) is 49.0. The van der Waals surface area contributed by atoms with E-state index >= 15 is 0 Å². The molecule has 5 rings (SSSR count). The molecule has 5 aliphatic heterocycles. The van der Waals surface area contributed by atoms with Crippen LogP contribution in [-0.4, -0.2) is 236 Å². The van der Waals surface area contributed by atoms with Gasteiger partial charge in [-0.25, -0.2) is 0 Å². The van der Waals surface area contributed by atoms with E-state index in [0.717, 1.165) is 115 Å². The lowest BCUT2D eigenvalue weighted by molar-refractivity contribution is 0.105. The highest BCUT2D eigenvalue weighted by molar-refractivity contribution is 7.99. The molecule has 0 aliphatic carbocycles. The van der Waals surface area contributed by atoms with Gasteiger partial charge in [-0.3, -0.25) is 4.99 Å². The molecule has 0 bridgehead atoms. The first-order valence-electron chi connectivity index (χ1n) is 22.4. The number of hydrogen-bond acceptors (Lipinski definition) is 11. The number of aliphatic imine (C=N–C) groups is 1. The van der Waals surface area contributed by atoms with Gasteiger partial charge in [0.05, 0.1) is 39.6 Å². The second-order valence-electron chi connectivity index (χ2n) is 16.1. The van der Waals surface area contributed by atoms with Gasteiger partial charge >= 0.3 is 0 Å². The highest BCUT2D eigenvalue weighted by atomic mass is 32.2. The molecule has 0 aromatic rings. The van der Waals surface area contributed by atoms with Crippen LogP contribution in [0.5, 0.6) is 0 Å². The van der Waals surface area contributed by atoms with Gasteiger partial charge in [0.15, 0.2) is 5.96 Å². The molecule has 0 amide bonds. The van der Waals surface area contributed by atoms with Gasteiger partial charge in [-0.15, -0.1) is 0 Å². The van der Waals surface area contributed by atoms with Gasteiger partial charge in [0, 0.05) is 82.9 Å². The van der Waals surface area contributed by atoms with Crippen molar-refractivity contribution >= 4 is 29.5 Å². The summed E-state index contributed by atoms with van der Waals surface area (Å²) in [6.45, 7) is 24.6. The Hall–Kier alpha value is -0.350. The molecule has 0 radical (unpaired) electrons. The first-order valence-corrected chi connectivity index (χ1v) is 24.7. The van der Waals surface area contributed by atoms with Gasteiger partial charge in [0.1, 0.15) is 0 Å². The van der Waals surface area contributed by atoms with E-state index in [-0.39, 0.29) is 0 Å². The van der Waals surface area contributed by atoms with E-state index < -0.39 is 0 Å². The molecule has 5 saturated heterocycles. The lowest BCUT2D eigenvalue weighted by atomic mass is 10.1. The molecular weight excluding hydrogens is 729 g/mol. The lowest BCUT2D eigenvalue weighted by Gasteiger charge is -2.26. The summed E-state index contributed by atoms with van der Waals surface area (Å²) in [5, 5.41) is 0. The van der Waals surface area contributed by atoms with E-state index in [9.17, 15) is 0 Å². The quantitative estimate of drug-likeness (QED) is 0.119. The third-order valence-electron chi connectivity index (χ3n) is 11.1. The minimum absolute atomic E-state index is 0.881. The second kappa shape index (κ2) is 33.5. The second-order valence-corrected chi connectivity index (χ2v) is 18.6. The van der Waals surface area contributed by atoms with Gasteiger partial charge in [-0.1, -0.05) is 12.8 Å². The molecule has 0 spiro atoms. The Bertz CT molecular complexity index is 842. The Labute approximate surface area is 347 Å². The van der Waals surface area contributed by atoms with Crippen LogP contribution in [-0.2, 0) is 14.2 Å². The molecule has 0 aromatic heterocycles. The van der Waals surface area contributed by atoms with Crippen LogP contribution in [0.4, 0.5) is 0 Å². The number of likely N-dealkylation sites (tertiary alicyclic amines) is 4. The highest BCUT2D eigenvalue weighted by Crippen LogP contribution is 2.11. The van der Waals surface area contributed by atoms with Gasteiger partial charge < -0.3 is 48.5 Å². The fourth-order valence-corrected chi connectivity index (χ4v) is 9.12. The van der Waals surface area contributed by atoms with Crippen molar-refractivity contribution in [1.29, 1.82) is 0 Å². The van der Waals surface area contributed by atoms with Crippen molar-refractivity contribution in [2.45, 2.75) is 70.6 Å². The largest absolute Gasteiger partial charge is 0.379 e. The molecule has 5 aliphatic rings. The molecule has 5 heterocycles. The van der Waals surface area contributed by atoms with Gasteiger partial charge in [-0.2, -0.15) is 23.5 Å². The molecule has 324 valence electrons. The fraction of sp³-hybridized carbons (Fsp3) is 0.976. The first-order chi connectivity index (χ1) is 27.0. The average molecular weight is 815 g/mol. The van der Waals surface area contributed by atoms with Crippen LogP contribution in [0.15, 0.2) is 4.99 Å². The third-order valence-corrected chi connectivity index (χ3v) is 12.9. The zero-order chi connectivity index (χ0) is 39.0. The van der Waals surface area contributed by atoms with E-state index in [4.69, 9.17) is 14.2 Å². The van der Waals surface area contributed by atoms with Crippen molar-refractivity contribution in [2.75, 3.05) is 196 Å². The summed E-state index contributed by atoms with van der Waals surface area (Å²) < 4.78 is 17.2. The zero-order valence-corrected chi connectivity index (χ0v) is 37.9. The number of thioether (sulfide) groups is 2. The van der Waals surface area contributed by atoms with Crippen molar-refractivity contribution < 1.29 is 14.2 Å². The molecule has 5 fully saturated rings.